The molecule has 1 aliphatic heterocycles. The normalized spacial score (nSPS) is 12.8. The molecule has 0 unspecified atom stereocenters. The van der Waals surface area contributed by atoms with Gasteiger partial charge in [0.15, 0.2) is 0 Å². The molecule has 0 radical (unpaired) electrons. The van der Waals surface area contributed by atoms with Gasteiger partial charge >= 0.3 is 0 Å². The van der Waals surface area contributed by atoms with Crippen LogP contribution in [0.25, 0.3) is 0 Å². The Balaban J connectivity index is 1.54. The Kier molecular flexibility index (Phi) is 5.89. The first-order chi connectivity index (χ1) is 15.8. The Morgan fingerprint density at radius 3 is 2.62 bits per heavy atom. The van der Waals surface area contributed by atoms with E-state index in [1.54, 1.807) is 13.3 Å². The van der Waals surface area contributed by atoms with Crippen LogP contribution in [0.2, 0.25) is 0 Å². The molecule has 160 valence electrons. The van der Waals surface area contributed by atoms with Crippen molar-refractivity contribution in [3.8, 4) is 5.88 Å². The number of anilines is 4. The fourth-order valence-corrected chi connectivity index (χ4v) is 4.85. The molecule has 4 heterocycles. The zero-order valence-corrected chi connectivity index (χ0v) is 18.6. The van der Waals surface area contributed by atoms with Crippen LogP contribution >= 0.6 is 11.8 Å². The second-order valence-electron chi connectivity index (χ2n) is 7.31. The largest absolute Gasteiger partial charge is 0.481 e. The Morgan fingerprint density at radius 1 is 0.938 bits per heavy atom. The summed E-state index contributed by atoms with van der Waals surface area (Å²) in [5, 5.41) is 0. The summed E-state index contributed by atoms with van der Waals surface area (Å²) in [4.78, 5) is 19.4. The molecule has 32 heavy (non-hydrogen) atoms. The summed E-state index contributed by atoms with van der Waals surface area (Å²) >= 11 is 1.90. The molecule has 4 aromatic rings. The molecule has 0 saturated carbocycles. The van der Waals surface area contributed by atoms with Gasteiger partial charge in [-0.05, 0) is 36.4 Å². The molecular formula is C25H23N5OS. The van der Waals surface area contributed by atoms with E-state index in [0.717, 1.165) is 35.1 Å². The molecule has 5 rings (SSSR count). The maximum atomic E-state index is 5.24. The number of pyridine rings is 3. The molecule has 1 aliphatic rings. The minimum absolute atomic E-state index is 0.587. The van der Waals surface area contributed by atoms with Gasteiger partial charge in [0, 0.05) is 41.2 Å². The van der Waals surface area contributed by atoms with Crippen molar-refractivity contribution in [2.45, 2.75) is 11.4 Å². The SMILES string of the molecule is COc1ccc(N(Cc2cccnc2N2CCSc3ccccc32)c2cccnc2)cn1. The highest BCUT2D eigenvalue weighted by Gasteiger charge is 2.23. The highest BCUT2D eigenvalue weighted by molar-refractivity contribution is 7.99. The van der Waals surface area contributed by atoms with E-state index >= 15 is 0 Å². The number of thioether (sulfide) groups is 1. The van der Waals surface area contributed by atoms with Gasteiger partial charge in [-0.15, -0.1) is 11.8 Å². The topological polar surface area (TPSA) is 54.4 Å². The lowest BCUT2D eigenvalue weighted by Gasteiger charge is -2.32. The van der Waals surface area contributed by atoms with Crippen LogP contribution in [0.1, 0.15) is 5.56 Å². The van der Waals surface area contributed by atoms with Crippen molar-refractivity contribution in [3.63, 3.8) is 0 Å². The predicted molar refractivity (Wildman–Crippen MR) is 129 cm³/mol. The number of ether oxygens (including phenoxy) is 1. The molecule has 0 spiro atoms. The second kappa shape index (κ2) is 9.28. The van der Waals surface area contributed by atoms with Crippen molar-refractivity contribution >= 4 is 34.6 Å². The van der Waals surface area contributed by atoms with Gasteiger partial charge in [-0.25, -0.2) is 9.97 Å². The van der Waals surface area contributed by atoms with Crippen LogP contribution in [-0.2, 0) is 6.54 Å². The van der Waals surface area contributed by atoms with Crippen molar-refractivity contribution in [3.05, 3.63) is 91.0 Å². The van der Waals surface area contributed by atoms with Crippen LogP contribution in [0.3, 0.4) is 0 Å². The third kappa shape index (κ3) is 4.11. The first-order valence-electron chi connectivity index (χ1n) is 10.4. The van der Waals surface area contributed by atoms with E-state index in [0.29, 0.717) is 12.4 Å². The van der Waals surface area contributed by atoms with Crippen LogP contribution < -0.4 is 14.5 Å². The number of hydrogen-bond acceptors (Lipinski definition) is 7. The molecule has 0 fully saturated rings. The third-order valence-corrected chi connectivity index (χ3v) is 6.42. The number of para-hydroxylation sites is 1. The smallest absolute Gasteiger partial charge is 0.213 e. The van der Waals surface area contributed by atoms with Crippen LogP contribution in [0, 0.1) is 0 Å². The first kappa shape index (κ1) is 20.3. The fraction of sp³-hybridized carbons (Fsp3) is 0.160. The minimum atomic E-state index is 0.587. The Bertz CT molecular complexity index is 1190. The molecule has 0 saturated heterocycles. The Hall–Kier alpha value is -3.58. The lowest BCUT2D eigenvalue weighted by Crippen LogP contribution is -2.27. The standard InChI is InChI=1S/C25H23N5OS/c1-31-24-11-10-21(17-28-24)30(20-7-5-12-26-16-20)18-19-6-4-13-27-25(19)29-14-15-32-23-9-3-2-8-22(23)29/h2-13,16-17H,14-15,18H2,1H3. The van der Waals surface area contributed by atoms with Crippen LogP contribution in [0.5, 0.6) is 5.88 Å². The van der Waals surface area contributed by atoms with Crippen molar-refractivity contribution in [1.82, 2.24) is 15.0 Å². The van der Waals surface area contributed by atoms with E-state index in [-0.39, 0.29) is 0 Å². The number of benzene rings is 1. The number of methoxy groups -OCH3 is 1. The summed E-state index contributed by atoms with van der Waals surface area (Å²) in [5.74, 6) is 2.60. The van der Waals surface area contributed by atoms with Crippen LogP contribution in [0.15, 0.2) is 90.3 Å². The zero-order valence-electron chi connectivity index (χ0n) is 17.8. The van der Waals surface area contributed by atoms with Gasteiger partial charge in [0.25, 0.3) is 0 Å². The number of rotatable bonds is 6. The van der Waals surface area contributed by atoms with E-state index in [1.807, 2.05) is 54.6 Å². The maximum absolute atomic E-state index is 5.24. The van der Waals surface area contributed by atoms with Crippen molar-refractivity contribution in [2.75, 3.05) is 29.2 Å². The van der Waals surface area contributed by atoms with Gasteiger partial charge in [0.2, 0.25) is 5.88 Å². The molecule has 0 atom stereocenters. The van der Waals surface area contributed by atoms with Crippen molar-refractivity contribution < 1.29 is 4.74 Å². The second-order valence-corrected chi connectivity index (χ2v) is 8.45. The molecule has 0 aliphatic carbocycles. The molecular weight excluding hydrogens is 418 g/mol. The highest BCUT2D eigenvalue weighted by Crippen LogP contribution is 2.39. The van der Waals surface area contributed by atoms with Gasteiger partial charge in [0.1, 0.15) is 5.82 Å². The maximum Gasteiger partial charge on any atom is 0.213 e. The molecule has 1 aromatic carbocycles. The van der Waals surface area contributed by atoms with Crippen LogP contribution in [-0.4, -0.2) is 34.4 Å². The average molecular weight is 442 g/mol. The van der Waals surface area contributed by atoms with E-state index in [1.165, 1.54) is 10.6 Å². The lowest BCUT2D eigenvalue weighted by atomic mass is 10.1. The Morgan fingerprint density at radius 2 is 1.81 bits per heavy atom. The summed E-state index contributed by atoms with van der Waals surface area (Å²) in [5.41, 5.74) is 4.30. The number of fused-ring (bicyclic) bond motifs is 1. The minimum Gasteiger partial charge on any atom is -0.481 e. The monoisotopic (exact) mass is 441 g/mol. The number of hydrogen-bond donors (Lipinski definition) is 0. The highest BCUT2D eigenvalue weighted by atomic mass is 32.2. The van der Waals surface area contributed by atoms with E-state index < -0.39 is 0 Å². The van der Waals surface area contributed by atoms with Gasteiger partial charge in [-0.3, -0.25) is 4.98 Å². The summed E-state index contributed by atoms with van der Waals surface area (Å²) in [7, 11) is 1.62. The van der Waals surface area contributed by atoms with Gasteiger partial charge in [0.05, 0.1) is 43.1 Å². The molecule has 0 N–H and O–H groups in total. The predicted octanol–water partition coefficient (Wildman–Crippen LogP) is 5.46. The summed E-state index contributed by atoms with van der Waals surface area (Å²) in [6.45, 7) is 1.55. The molecule has 6 nitrogen and oxygen atoms in total. The molecule has 0 amide bonds. The van der Waals surface area contributed by atoms with E-state index in [4.69, 9.17) is 9.72 Å². The summed E-state index contributed by atoms with van der Waals surface area (Å²) in [6, 6.07) is 20.6. The number of nitrogens with zero attached hydrogens (tertiary/aromatic N) is 5. The third-order valence-electron chi connectivity index (χ3n) is 5.38. The van der Waals surface area contributed by atoms with Gasteiger partial charge in [-0.2, -0.15) is 0 Å². The zero-order chi connectivity index (χ0) is 21.8. The quantitative estimate of drug-likeness (QED) is 0.394. The first-order valence-corrected chi connectivity index (χ1v) is 11.4. The summed E-state index contributed by atoms with van der Waals surface area (Å²) in [6.07, 6.45) is 7.35. The molecule has 0 bridgehead atoms. The molecule has 7 heteroatoms. The van der Waals surface area contributed by atoms with Gasteiger partial charge < -0.3 is 14.5 Å². The lowest BCUT2D eigenvalue weighted by molar-refractivity contribution is 0.398. The van der Waals surface area contributed by atoms with E-state index in [2.05, 4.69) is 56.2 Å². The Labute approximate surface area is 191 Å². The average Bonchev–Trinajstić information content (AvgIpc) is 2.88. The number of aromatic nitrogens is 3. The molecule has 3 aromatic heterocycles. The fourth-order valence-electron chi connectivity index (χ4n) is 3.85. The summed E-state index contributed by atoms with van der Waals surface area (Å²) < 4.78 is 5.24. The van der Waals surface area contributed by atoms with Crippen molar-refractivity contribution in [1.29, 1.82) is 0 Å². The van der Waals surface area contributed by atoms with E-state index in [9.17, 15) is 0 Å². The van der Waals surface area contributed by atoms with Crippen molar-refractivity contribution in [2.24, 2.45) is 0 Å². The van der Waals surface area contributed by atoms with Gasteiger partial charge in [-0.1, -0.05) is 18.2 Å². The van der Waals surface area contributed by atoms with Crippen LogP contribution in [0.4, 0.5) is 22.9 Å².